The summed E-state index contributed by atoms with van der Waals surface area (Å²) in [6.45, 7) is 8.49. The summed E-state index contributed by atoms with van der Waals surface area (Å²) in [6, 6.07) is 12.2. The van der Waals surface area contributed by atoms with Crippen LogP contribution in [0.15, 0.2) is 36.4 Å². The first-order valence-electron chi connectivity index (χ1n) is 8.25. The fraction of sp³-hybridized carbons (Fsp3) is 0.400. The fourth-order valence-electron chi connectivity index (χ4n) is 3.24. The Bertz CT molecular complexity index is 675. The van der Waals surface area contributed by atoms with Gasteiger partial charge in [0.05, 0.1) is 6.61 Å². The molecule has 0 spiro atoms. The molecule has 2 N–H and O–H groups in total. The third-order valence-electron chi connectivity index (χ3n) is 4.73. The fourth-order valence-corrected chi connectivity index (χ4v) is 4.93. The maximum Gasteiger partial charge on any atom is 0.122 e. The van der Waals surface area contributed by atoms with Crippen molar-refractivity contribution in [2.45, 2.75) is 52.3 Å². The molecule has 0 saturated heterocycles. The molecule has 2 nitrogen and oxygen atoms in total. The first-order valence-corrected chi connectivity index (χ1v) is 9.25. The summed E-state index contributed by atoms with van der Waals surface area (Å²) in [7, 11) is 0.518. The highest BCUT2D eigenvalue weighted by Crippen LogP contribution is 2.50. The average molecular weight is 330 g/mol. The molecule has 2 aromatic carbocycles. The van der Waals surface area contributed by atoms with E-state index in [1.807, 2.05) is 31.2 Å². The van der Waals surface area contributed by atoms with Crippen molar-refractivity contribution in [3.63, 3.8) is 0 Å². The van der Waals surface area contributed by atoms with Crippen molar-refractivity contribution in [2.75, 3.05) is 0 Å². The van der Waals surface area contributed by atoms with E-state index in [-0.39, 0.29) is 11.8 Å². The molecule has 0 aliphatic carbocycles. The third-order valence-corrected chi connectivity index (χ3v) is 6.94. The monoisotopic (exact) mass is 330 g/mol. The molecule has 23 heavy (non-hydrogen) atoms. The summed E-state index contributed by atoms with van der Waals surface area (Å²) >= 11 is 0. The van der Waals surface area contributed by atoms with Gasteiger partial charge in [-0.1, -0.05) is 64.4 Å². The quantitative estimate of drug-likeness (QED) is 0.765. The standard InChI is InChI=1S/C20H27O2P/c1-5-20(6-2,17-12-14(3)11-15(4)19(17)22)23-18-10-8-7-9-16(18)13-21/h7-12,21-23H,5-6,13H2,1-4H3. The van der Waals surface area contributed by atoms with Crippen LogP contribution in [0.5, 0.6) is 5.75 Å². The minimum atomic E-state index is -0.0911. The van der Waals surface area contributed by atoms with Gasteiger partial charge in [0, 0.05) is 10.7 Å². The van der Waals surface area contributed by atoms with E-state index in [2.05, 4.69) is 32.9 Å². The Balaban J connectivity index is 2.56. The Hall–Kier alpha value is -1.37. The second-order valence-corrected chi connectivity index (χ2v) is 7.95. The van der Waals surface area contributed by atoms with Crippen LogP contribution in [0.3, 0.4) is 0 Å². The zero-order valence-corrected chi connectivity index (χ0v) is 15.5. The van der Waals surface area contributed by atoms with Crippen molar-refractivity contribution in [2.24, 2.45) is 0 Å². The second-order valence-electron chi connectivity index (χ2n) is 6.21. The minimum Gasteiger partial charge on any atom is -0.507 e. The van der Waals surface area contributed by atoms with Gasteiger partial charge in [-0.15, -0.1) is 0 Å². The van der Waals surface area contributed by atoms with Crippen LogP contribution >= 0.6 is 8.58 Å². The molecule has 3 heteroatoms. The van der Waals surface area contributed by atoms with Crippen LogP contribution in [-0.2, 0) is 11.8 Å². The van der Waals surface area contributed by atoms with Gasteiger partial charge in [-0.2, -0.15) is 0 Å². The first kappa shape index (κ1) is 18.0. The van der Waals surface area contributed by atoms with E-state index in [0.717, 1.165) is 29.5 Å². The molecule has 124 valence electrons. The highest BCUT2D eigenvalue weighted by Gasteiger charge is 2.32. The van der Waals surface area contributed by atoms with Crippen LogP contribution in [0.25, 0.3) is 0 Å². The van der Waals surface area contributed by atoms with Gasteiger partial charge in [-0.25, -0.2) is 0 Å². The normalized spacial score (nSPS) is 12.2. The van der Waals surface area contributed by atoms with Crippen LogP contribution in [-0.4, -0.2) is 10.2 Å². The zero-order chi connectivity index (χ0) is 17.0. The summed E-state index contributed by atoms with van der Waals surface area (Å²) in [6.07, 6.45) is 1.91. The molecule has 0 bridgehead atoms. The Morgan fingerprint density at radius 2 is 1.70 bits per heavy atom. The molecule has 0 fully saturated rings. The summed E-state index contributed by atoms with van der Waals surface area (Å²) in [5.74, 6) is 0.424. The molecule has 0 amide bonds. The largest absolute Gasteiger partial charge is 0.507 e. The smallest absolute Gasteiger partial charge is 0.122 e. The van der Waals surface area contributed by atoms with Gasteiger partial charge in [0.2, 0.25) is 0 Å². The summed E-state index contributed by atoms with van der Waals surface area (Å²) in [5, 5.41) is 21.4. The van der Waals surface area contributed by atoms with Crippen molar-refractivity contribution < 1.29 is 10.2 Å². The van der Waals surface area contributed by atoms with Crippen molar-refractivity contribution in [1.82, 2.24) is 0 Å². The summed E-state index contributed by atoms with van der Waals surface area (Å²) in [4.78, 5) is 0. The number of aromatic hydroxyl groups is 1. The number of rotatable bonds is 6. The Labute approximate surface area is 141 Å². The molecule has 0 aliphatic heterocycles. The molecule has 0 aromatic heterocycles. The number of aryl methyl sites for hydroxylation is 2. The lowest BCUT2D eigenvalue weighted by Crippen LogP contribution is -2.23. The molecule has 0 aliphatic rings. The number of aliphatic hydroxyl groups excluding tert-OH is 1. The average Bonchev–Trinajstić information content (AvgIpc) is 2.56. The molecule has 1 unspecified atom stereocenters. The SMILES string of the molecule is CCC(CC)(Pc1ccccc1CO)c1cc(C)cc(C)c1O. The molecule has 2 rings (SSSR count). The summed E-state index contributed by atoms with van der Waals surface area (Å²) < 4.78 is 0. The van der Waals surface area contributed by atoms with Crippen LogP contribution < -0.4 is 5.30 Å². The third kappa shape index (κ3) is 3.59. The molecule has 0 heterocycles. The van der Waals surface area contributed by atoms with Gasteiger partial charge < -0.3 is 10.2 Å². The predicted molar refractivity (Wildman–Crippen MR) is 100 cm³/mol. The van der Waals surface area contributed by atoms with E-state index in [1.54, 1.807) is 0 Å². The van der Waals surface area contributed by atoms with Gasteiger partial charge in [-0.05, 0) is 43.1 Å². The number of aliphatic hydroxyl groups is 1. The van der Waals surface area contributed by atoms with E-state index < -0.39 is 0 Å². The lowest BCUT2D eigenvalue weighted by Gasteiger charge is -2.34. The molecule has 0 radical (unpaired) electrons. The minimum absolute atomic E-state index is 0.0610. The predicted octanol–water partition coefficient (Wildman–Crippen LogP) is 4.52. The van der Waals surface area contributed by atoms with Crippen LogP contribution in [0.1, 0.15) is 48.9 Å². The van der Waals surface area contributed by atoms with Crippen molar-refractivity contribution in [3.05, 3.63) is 58.7 Å². The second kappa shape index (κ2) is 7.47. The number of phenolic OH excluding ortho intramolecular Hbond substituents is 1. The number of phenols is 1. The number of hydrogen-bond acceptors (Lipinski definition) is 2. The Kier molecular flexibility index (Phi) is 5.84. The highest BCUT2D eigenvalue weighted by molar-refractivity contribution is 7.48. The van der Waals surface area contributed by atoms with E-state index in [4.69, 9.17) is 0 Å². The number of hydrogen-bond donors (Lipinski definition) is 2. The van der Waals surface area contributed by atoms with Crippen molar-refractivity contribution in [1.29, 1.82) is 0 Å². The number of benzene rings is 2. The molecule has 1 atom stereocenters. The molecule has 2 aromatic rings. The van der Waals surface area contributed by atoms with Crippen molar-refractivity contribution in [3.8, 4) is 5.75 Å². The molecular weight excluding hydrogens is 303 g/mol. The van der Waals surface area contributed by atoms with E-state index >= 15 is 0 Å². The van der Waals surface area contributed by atoms with Gasteiger partial charge in [0.15, 0.2) is 0 Å². The zero-order valence-electron chi connectivity index (χ0n) is 14.5. The molecule has 0 saturated carbocycles. The Morgan fingerprint density at radius 1 is 1.04 bits per heavy atom. The van der Waals surface area contributed by atoms with Crippen LogP contribution in [0, 0.1) is 13.8 Å². The lowest BCUT2D eigenvalue weighted by atomic mass is 9.89. The van der Waals surface area contributed by atoms with E-state index in [1.165, 1.54) is 10.9 Å². The molecular formula is C20H27O2P. The van der Waals surface area contributed by atoms with Crippen molar-refractivity contribution >= 4 is 13.9 Å². The van der Waals surface area contributed by atoms with Gasteiger partial charge in [0.1, 0.15) is 5.75 Å². The maximum atomic E-state index is 10.7. The highest BCUT2D eigenvalue weighted by atomic mass is 31.1. The van der Waals surface area contributed by atoms with Gasteiger partial charge in [0.25, 0.3) is 0 Å². The van der Waals surface area contributed by atoms with Crippen LogP contribution in [0.2, 0.25) is 0 Å². The van der Waals surface area contributed by atoms with Gasteiger partial charge in [-0.3, -0.25) is 0 Å². The van der Waals surface area contributed by atoms with E-state index in [0.29, 0.717) is 14.3 Å². The van der Waals surface area contributed by atoms with Gasteiger partial charge >= 0.3 is 0 Å². The maximum absolute atomic E-state index is 10.7. The topological polar surface area (TPSA) is 40.5 Å². The first-order chi connectivity index (χ1) is 11.0. The lowest BCUT2D eigenvalue weighted by molar-refractivity contribution is 0.283. The van der Waals surface area contributed by atoms with E-state index in [9.17, 15) is 10.2 Å². The van der Waals surface area contributed by atoms with Crippen LogP contribution in [0.4, 0.5) is 0 Å². The Morgan fingerprint density at radius 3 is 2.30 bits per heavy atom. The summed E-state index contributed by atoms with van der Waals surface area (Å²) in [5.41, 5.74) is 4.15.